The van der Waals surface area contributed by atoms with Gasteiger partial charge < -0.3 is 10.1 Å². The van der Waals surface area contributed by atoms with Crippen LogP contribution in [-0.2, 0) is 4.74 Å². The number of nitrogens with one attached hydrogen (secondary N) is 1. The van der Waals surface area contributed by atoms with Gasteiger partial charge in [0.2, 0.25) is 0 Å². The Morgan fingerprint density at radius 3 is 2.64 bits per heavy atom. The lowest BCUT2D eigenvalue weighted by atomic mass is 9.95. The highest BCUT2D eigenvalue weighted by atomic mass is 19.3. The zero-order chi connectivity index (χ0) is 20.5. The normalized spacial score (nSPS) is 14.8. The molecule has 5 nitrogen and oxygen atoms in total. The maximum Gasteiger partial charge on any atom is 0.278 e. The Balaban J connectivity index is 0.000000409. The van der Waals surface area contributed by atoms with Crippen LogP contribution in [0.1, 0.15) is 80.0 Å². The van der Waals surface area contributed by atoms with Crippen molar-refractivity contribution < 1.29 is 18.3 Å². The number of carbonyl (C=O) groups excluding carboxylic acids is 1. The van der Waals surface area contributed by atoms with Gasteiger partial charge in [0, 0.05) is 31.6 Å². The molecule has 0 bridgehead atoms. The molecule has 0 spiro atoms. The third-order valence-corrected chi connectivity index (χ3v) is 4.89. The first-order valence-electron chi connectivity index (χ1n) is 10.0. The molecular formula is C21H31F2N3O2. The molecule has 3 rings (SSSR count). The summed E-state index contributed by atoms with van der Waals surface area (Å²) in [4.78, 5) is 16.7. The Hall–Kier alpha value is -2.02. The quantitative estimate of drug-likeness (QED) is 0.694. The summed E-state index contributed by atoms with van der Waals surface area (Å²) in [6.45, 7) is 4.72. The van der Waals surface area contributed by atoms with Crippen LogP contribution < -0.4 is 5.32 Å². The van der Waals surface area contributed by atoms with Gasteiger partial charge in [-0.25, -0.2) is 13.8 Å². The summed E-state index contributed by atoms with van der Waals surface area (Å²) in [5.41, 5.74) is 0.993. The van der Waals surface area contributed by atoms with E-state index >= 15 is 0 Å². The van der Waals surface area contributed by atoms with E-state index in [4.69, 9.17) is 4.74 Å². The van der Waals surface area contributed by atoms with Crippen LogP contribution in [-0.4, -0.2) is 35.1 Å². The summed E-state index contributed by atoms with van der Waals surface area (Å²) in [5, 5.41) is 3.00. The van der Waals surface area contributed by atoms with Crippen LogP contribution in [0.15, 0.2) is 18.3 Å². The second kappa shape index (κ2) is 11.1. The highest BCUT2D eigenvalue weighted by Gasteiger charge is 2.21. The molecule has 0 aliphatic heterocycles. The molecule has 28 heavy (non-hydrogen) atoms. The first-order valence-corrected chi connectivity index (χ1v) is 10.0. The Kier molecular flexibility index (Phi) is 8.83. The zero-order valence-corrected chi connectivity index (χ0v) is 17.0. The smallest absolute Gasteiger partial charge is 0.278 e. The van der Waals surface area contributed by atoms with Crippen molar-refractivity contribution in [3.05, 3.63) is 35.3 Å². The van der Waals surface area contributed by atoms with Gasteiger partial charge >= 0.3 is 0 Å². The number of aromatic nitrogens is 2. The van der Waals surface area contributed by atoms with Gasteiger partial charge in [-0.3, -0.25) is 9.20 Å². The predicted octanol–water partition coefficient (Wildman–Crippen LogP) is 5.08. The van der Waals surface area contributed by atoms with Crippen LogP contribution in [0.2, 0.25) is 0 Å². The number of unbranched alkanes of at least 4 members (excludes halogenated alkanes) is 1. The number of rotatable bonds is 6. The van der Waals surface area contributed by atoms with Crippen LogP contribution in [0.5, 0.6) is 0 Å². The molecule has 0 unspecified atom stereocenters. The molecule has 2 aromatic rings. The van der Waals surface area contributed by atoms with Crippen molar-refractivity contribution in [2.24, 2.45) is 0 Å². The number of hydrogen-bond donors (Lipinski definition) is 1. The fourth-order valence-electron chi connectivity index (χ4n) is 3.37. The number of ether oxygens (including phenoxy) is 1. The van der Waals surface area contributed by atoms with Crippen molar-refractivity contribution in [2.45, 2.75) is 71.3 Å². The average Bonchev–Trinajstić information content (AvgIpc) is 3.10. The molecule has 7 heteroatoms. The fourth-order valence-corrected chi connectivity index (χ4v) is 3.37. The van der Waals surface area contributed by atoms with Gasteiger partial charge in [-0.2, -0.15) is 0 Å². The van der Waals surface area contributed by atoms with Crippen LogP contribution >= 0.6 is 0 Å². The van der Waals surface area contributed by atoms with Gasteiger partial charge in [0.05, 0.1) is 11.3 Å². The molecule has 0 aromatic carbocycles. The monoisotopic (exact) mass is 395 g/mol. The molecule has 0 radical (unpaired) electrons. The molecule has 2 heterocycles. The molecule has 1 fully saturated rings. The number of aryl methyl sites for hydroxylation is 1. The Morgan fingerprint density at radius 2 is 2.07 bits per heavy atom. The number of hydrogen-bond acceptors (Lipinski definition) is 3. The molecule has 156 valence electrons. The minimum Gasteiger partial charge on any atom is -0.385 e. The lowest BCUT2D eigenvalue weighted by Crippen LogP contribution is -2.36. The fraction of sp³-hybridized carbons (Fsp3) is 0.619. The van der Waals surface area contributed by atoms with Crippen LogP contribution in [0.4, 0.5) is 8.78 Å². The highest BCUT2D eigenvalue weighted by Crippen LogP contribution is 2.23. The molecule has 1 aliphatic rings. The van der Waals surface area contributed by atoms with Crippen LogP contribution in [0, 0.1) is 6.92 Å². The molecule has 0 atom stereocenters. The van der Waals surface area contributed by atoms with Crippen molar-refractivity contribution in [1.82, 2.24) is 14.7 Å². The summed E-state index contributed by atoms with van der Waals surface area (Å²) in [5.74, 6) is -0.229. The number of methoxy groups -OCH3 is 1. The molecule has 1 saturated carbocycles. The third kappa shape index (κ3) is 5.99. The van der Waals surface area contributed by atoms with Gasteiger partial charge in [0.15, 0.2) is 0 Å². The number of amides is 1. The summed E-state index contributed by atoms with van der Waals surface area (Å²) in [6, 6.07) is 3.09. The zero-order valence-electron chi connectivity index (χ0n) is 17.0. The van der Waals surface area contributed by atoms with Crippen molar-refractivity contribution in [1.29, 1.82) is 0 Å². The van der Waals surface area contributed by atoms with E-state index < -0.39 is 6.43 Å². The lowest BCUT2D eigenvalue weighted by molar-refractivity contribution is 0.0929. The van der Waals surface area contributed by atoms with E-state index in [1.54, 1.807) is 20.1 Å². The summed E-state index contributed by atoms with van der Waals surface area (Å²) < 4.78 is 32.3. The van der Waals surface area contributed by atoms with Gasteiger partial charge in [-0.15, -0.1) is 0 Å². The van der Waals surface area contributed by atoms with Gasteiger partial charge in [0.25, 0.3) is 12.3 Å². The maximum atomic E-state index is 13.1. The third-order valence-electron chi connectivity index (χ3n) is 4.89. The predicted molar refractivity (Wildman–Crippen MR) is 106 cm³/mol. The van der Waals surface area contributed by atoms with E-state index in [9.17, 15) is 13.6 Å². The molecule has 1 amide bonds. The van der Waals surface area contributed by atoms with Gasteiger partial charge in [-0.05, 0) is 38.3 Å². The first kappa shape index (κ1) is 22.3. The summed E-state index contributed by atoms with van der Waals surface area (Å²) >= 11 is 0. The number of nitrogens with zero attached hydrogens (tertiary/aromatic N) is 2. The van der Waals surface area contributed by atoms with E-state index in [-0.39, 0.29) is 17.6 Å². The van der Waals surface area contributed by atoms with Crippen molar-refractivity contribution in [3.8, 4) is 0 Å². The van der Waals surface area contributed by atoms with Crippen molar-refractivity contribution in [3.63, 3.8) is 0 Å². The van der Waals surface area contributed by atoms with Crippen molar-refractivity contribution in [2.75, 3.05) is 13.7 Å². The standard InChI is InChI=1S/C16H19F2N3O.C5H12O/c1-10-9-13(14(17)18)21-8-7-12(15(21)19-10)16(22)20-11-5-3-2-4-6-11;1-3-4-5-6-2/h7-9,11,14H,2-6H2,1H3,(H,20,22);3-5H2,1-2H3. The number of alkyl halides is 2. The molecule has 1 N–H and O–H groups in total. The minimum atomic E-state index is -2.61. The van der Waals surface area contributed by atoms with E-state index in [1.807, 2.05) is 0 Å². The molecular weight excluding hydrogens is 364 g/mol. The molecule has 1 aliphatic carbocycles. The maximum absolute atomic E-state index is 13.1. The first-order chi connectivity index (χ1) is 13.5. The SMILES string of the molecule is CCCCOC.Cc1cc(C(F)F)n2ccc(C(=O)NC3CCCCC3)c2n1. The lowest BCUT2D eigenvalue weighted by Gasteiger charge is -2.22. The van der Waals surface area contributed by atoms with E-state index in [1.165, 1.54) is 35.9 Å². The van der Waals surface area contributed by atoms with Crippen molar-refractivity contribution >= 4 is 11.6 Å². The van der Waals surface area contributed by atoms with Gasteiger partial charge in [-0.1, -0.05) is 32.6 Å². The topological polar surface area (TPSA) is 55.6 Å². The summed E-state index contributed by atoms with van der Waals surface area (Å²) in [6.07, 6.45) is 6.70. The van der Waals surface area contributed by atoms with Crippen LogP contribution in [0.3, 0.4) is 0 Å². The second-order valence-corrected chi connectivity index (χ2v) is 7.20. The number of fused-ring (bicyclic) bond motifs is 1. The Morgan fingerprint density at radius 1 is 1.36 bits per heavy atom. The van der Waals surface area contributed by atoms with E-state index in [0.717, 1.165) is 32.3 Å². The minimum absolute atomic E-state index is 0.140. The summed E-state index contributed by atoms with van der Waals surface area (Å²) in [7, 11) is 1.73. The van der Waals surface area contributed by atoms with Crippen LogP contribution in [0.25, 0.3) is 5.65 Å². The van der Waals surface area contributed by atoms with E-state index in [0.29, 0.717) is 16.9 Å². The number of carbonyl (C=O) groups is 1. The van der Waals surface area contributed by atoms with E-state index in [2.05, 4.69) is 17.2 Å². The largest absolute Gasteiger partial charge is 0.385 e. The highest BCUT2D eigenvalue weighted by molar-refractivity contribution is 6.00. The number of halogens is 2. The Labute approximate surface area is 165 Å². The Bertz CT molecular complexity index is 751. The molecule has 2 aromatic heterocycles. The second-order valence-electron chi connectivity index (χ2n) is 7.20. The van der Waals surface area contributed by atoms with Gasteiger partial charge in [0.1, 0.15) is 5.65 Å². The average molecular weight is 395 g/mol. The molecule has 0 saturated heterocycles.